The number of aromatic nitrogens is 1. The second kappa shape index (κ2) is 10.00. The van der Waals surface area contributed by atoms with Gasteiger partial charge in [0.2, 0.25) is 5.91 Å². The molecule has 6 heteroatoms. The van der Waals surface area contributed by atoms with Crippen LogP contribution in [0.5, 0.6) is 0 Å². The van der Waals surface area contributed by atoms with E-state index in [1.54, 1.807) is 12.4 Å². The molecule has 144 valence electrons. The lowest BCUT2D eigenvalue weighted by atomic mass is 9.86. The highest BCUT2D eigenvalue weighted by atomic mass is 16.5. The Kier molecular flexibility index (Phi) is 7.41. The van der Waals surface area contributed by atoms with E-state index in [2.05, 4.69) is 9.88 Å². The number of nitrogens with zero attached hydrogens (tertiary/aromatic N) is 3. The van der Waals surface area contributed by atoms with Crippen LogP contribution >= 0.6 is 0 Å². The third kappa shape index (κ3) is 5.25. The molecule has 0 bridgehead atoms. The summed E-state index contributed by atoms with van der Waals surface area (Å²) in [6.07, 6.45) is 7.69. The molecule has 0 unspecified atom stereocenters. The first kappa shape index (κ1) is 19.3. The van der Waals surface area contributed by atoms with Crippen LogP contribution in [0.2, 0.25) is 0 Å². The molecule has 0 radical (unpaired) electrons. The Morgan fingerprint density at radius 2 is 2.00 bits per heavy atom. The zero-order valence-corrected chi connectivity index (χ0v) is 15.6. The summed E-state index contributed by atoms with van der Waals surface area (Å²) in [5.74, 6) is 0.690. The maximum atomic E-state index is 12.7. The first-order chi connectivity index (χ1) is 12.8. The van der Waals surface area contributed by atoms with Crippen molar-refractivity contribution in [3.63, 3.8) is 0 Å². The van der Waals surface area contributed by atoms with E-state index in [1.807, 2.05) is 17.0 Å². The van der Waals surface area contributed by atoms with Crippen LogP contribution in [0.1, 0.15) is 31.2 Å². The van der Waals surface area contributed by atoms with Crippen molar-refractivity contribution in [2.24, 2.45) is 5.92 Å². The number of morpholine rings is 1. The van der Waals surface area contributed by atoms with Gasteiger partial charge in [0.1, 0.15) is 0 Å². The standard InChI is InChI=1S/C20H31N3O3/c24-13-1-2-18-16-23(10-7-19(18)22-11-14-26-15-12-22)20(25)4-3-17-5-8-21-9-6-17/h5-6,8-9,18-19,24H,1-4,7,10-16H2/t18-,19+/m1/s1. The average Bonchev–Trinajstić information content (AvgIpc) is 2.71. The third-order valence-electron chi connectivity index (χ3n) is 5.67. The van der Waals surface area contributed by atoms with Gasteiger partial charge in [-0.05, 0) is 49.3 Å². The van der Waals surface area contributed by atoms with Crippen molar-refractivity contribution < 1.29 is 14.6 Å². The van der Waals surface area contributed by atoms with Crippen LogP contribution in [0.15, 0.2) is 24.5 Å². The lowest BCUT2D eigenvalue weighted by Crippen LogP contribution is -2.55. The van der Waals surface area contributed by atoms with Crippen molar-refractivity contribution in [3.05, 3.63) is 30.1 Å². The highest BCUT2D eigenvalue weighted by molar-refractivity contribution is 5.76. The highest BCUT2D eigenvalue weighted by Crippen LogP contribution is 2.27. The number of ether oxygens (including phenoxy) is 1. The minimum atomic E-state index is 0.225. The maximum absolute atomic E-state index is 12.7. The van der Waals surface area contributed by atoms with Crippen LogP contribution in [0.3, 0.4) is 0 Å². The van der Waals surface area contributed by atoms with E-state index in [4.69, 9.17) is 4.74 Å². The Bertz CT molecular complexity index is 548. The maximum Gasteiger partial charge on any atom is 0.222 e. The number of rotatable bonds is 7. The molecule has 6 nitrogen and oxygen atoms in total. The number of aryl methyl sites for hydroxylation is 1. The summed E-state index contributed by atoms with van der Waals surface area (Å²) in [5.41, 5.74) is 1.16. The van der Waals surface area contributed by atoms with E-state index >= 15 is 0 Å². The molecule has 2 aliphatic heterocycles. The van der Waals surface area contributed by atoms with Crippen LogP contribution < -0.4 is 0 Å². The lowest BCUT2D eigenvalue weighted by Gasteiger charge is -2.45. The quantitative estimate of drug-likeness (QED) is 0.794. The fourth-order valence-corrected chi connectivity index (χ4v) is 4.23. The highest BCUT2D eigenvalue weighted by Gasteiger charge is 2.34. The molecule has 3 rings (SSSR count). The molecule has 3 heterocycles. The number of piperidine rings is 1. The zero-order chi connectivity index (χ0) is 18.2. The topological polar surface area (TPSA) is 65.9 Å². The van der Waals surface area contributed by atoms with E-state index < -0.39 is 0 Å². The van der Waals surface area contributed by atoms with Gasteiger partial charge in [0, 0.05) is 57.6 Å². The summed E-state index contributed by atoms with van der Waals surface area (Å²) in [4.78, 5) is 21.3. The minimum absolute atomic E-state index is 0.225. The van der Waals surface area contributed by atoms with Crippen molar-refractivity contribution in [2.75, 3.05) is 46.0 Å². The molecule has 0 saturated carbocycles. The molecular formula is C20H31N3O3. The molecule has 0 aromatic carbocycles. The van der Waals surface area contributed by atoms with E-state index in [0.717, 1.165) is 70.6 Å². The van der Waals surface area contributed by atoms with Crippen molar-refractivity contribution in [1.82, 2.24) is 14.8 Å². The molecule has 2 aliphatic rings. The minimum Gasteiger partial charge on any atom is -0.396 e. The predicted octanol–water partition coefficient (Wildman–Crippen LogP) is 1.34. The number of carbonyl (C=O) groups excluding carboxylic acids is 1. The third-order valence-corrected chi connectivity index (χ3v) is 5.67. The first-order valence-corrected chi connectivity index (χ1v) is 9.87. The van der Waals surface area contributed by atoms with E-state index in [-0.39, 0.29) is 12.5 Å². The van der Waals surface area contributed by atoms with Gasteiger partial charge in [0.25, 0.3) is 0 Å². The van der Waals surface area contributed by atoms with Gasteiger partial charge in [-0.3, -0.25) is 14.7 Å². The molecule has 2 saturated heterocycles. The Morgan fingerprint density at radius 1 is 1.23 bits per heavy atom. The second-order valence-corrected chi connectivity index (χ2v) is 7.33. The summed E-state index contributed by atoms with van der Waals surface area (Å²) < 4.78 is 5.49. The number of pyridine rings is 1. The van der Waals surface area contributed by atoms with Crippen molar-refractivity contribution in [3.8, 4) is 0 Å². The van der Waals surface area contributed by atoms with Crippen molar-refractivity contribution >= 4 is 5.91 Å². The van der Waals surface area contributed by atoms with Gasteiger partial charge in [0.05, 0.1) is 13.2 Å². The fraction of sp³-hybridized carbons (Fsp3) is 0.700. The number of carbonyl (C=O) groups is 1. The van der Waals surface area contributed by atoms with Crippen LogP contribution in [-0.2, 0) is 16.0 Å². The molecule has 1 aromatic heterocycles. The van der Waals surface area contributed by atoms with Crippen molar-refractivity contribution in [1.29, 1.82) is 0 Å². The monoisotopic (exact) mass is 361 g/mol. The summed E-state index contributed by atoms with van der Waals surface area (Å²) in [7, 11) is 0. The Labute approximate surface area is 156 Å². The molecule has 1 amide bonds. The Balaban J connectivity index is 1.55. The summed E-state index contributed by atoms with van der Waals surface area (Å²) in [5, 5.41) is 9.26. The number of likely N-dealkylation sites (tertiary alicyclic amines) is 1. The molecule has 2 fully saturated rings. The number of aliphatic hydroxyl groups is 1. The van der Waals surface area contributed by atoms with Crippen molar-refractivity contribution in [2.45, 2.75) is 38.1 Å². The van der Waals surface area contributed by atoms with Crippen LogP contribution in [-0.4, -0.2) is 77.8 Å². The summed E-state index contributed by atoms with van der Waals surface area (Å²) in [6.45, 7) is 5.45. The van der Waals surface area contributed by atoms with Gasteiger partial charge < -0.3 is 14.7 Å². The van der Waals surface area contributed by atoms with Gasteiger partial charge in [-0.15, -0.1) is 0 Å². The van der Waals surface area contributed by atoms with Gasteiger partial charge in [-0.1, -0.05) is 0 Å². The summed E-state index contributed by atoms with van der Waals surface area (Å²) >= 11 is 0. The number of amides is 1. The molecule has 2 atom stereocenters. The van der Waals surface area contributed by atoms with Crippen LogP contribution in [0, 0.1) is 5.92 Å². The summed E-state index contributed by atoms with van der Waals surface area (Å²) in [6, 6.07) is 4.46. The van der Waals surface area contributed by atoms with Gasteiger partial charge in [0.15, 0.2) is 0 Å². The van der Waals surface area contributed by atoms with Crippen LogP contribution in [0.25, 0.3) is 0 Å². The molecular weight excluding hydrogens is 330 g/mol. The average molecular weight is 361 g/mol. The van der Waals surface area contributed by atoms with E-state index in [9.17, 15) is 9.90 Å². The smallest absolute Gasteiger partial charge is 0.222 e. The SMILES string of the molecule is O=C(CCc1ccncc1)N1CC[C@H](N2CCOCC2)[C@H](CCCO)C1. The van der Waals surface area contributed by atoms with Crippen LogP contribution in [0.4, 0.5) is 0 Å². The predicted molar refractivity (Wildman–Crippen MR) is 99.7 cm³/mol. The lowest BCUT2D eigenvalue weighted by molar-refractivity contribution is -0.134. The molecule has 1 N–H and O–H groups in total. The number of aliphatic hydroxyl groups excluding tert-OH is 1. The Morgan fingerprint density at radius 3 is 2.73 bits per heavy atom. The largest absolute Gasteiger partial charge is 0.396 e. The fourth-order valence-electron chi connectivity index (χ4n) is 4.23. The number of hydrogen-bond acceptors (Lipinski definition) is 5. The zero-order valence-electron chi connectivity index (χ0n) is 15.6. The van der Waals surface area contributed by atoms with E-state index in [1.165, 1.54) is 0 Å². The van der Waals surface area contributed by atoms with Gasteiger partial charge in [-0.25, -0.2) is 0 Å². The molecule has 26 heavy (non-hydrogen) atoms. The molecule has 0 aliphatic carbocycles. The molecule has 0 spiro atoms. The second-order valence-electron chi connectivity index (χ2n) is 7.33. The molecule has 1 aromatic rings. The Hall–Kier alpha value is -1.50. The first-order valence-electron chi connectivity index (χ1n) is 9.87. The van der Waals surface area contributed by atoms with Gasteiger partial charge in [-0.2, -0.15) is 0 Å². The van der Waals surface area contributed by atoms with Gasteiger partial charge >= 0.3 is 0 Å². The normalized spacial score (nSPS) is 24.6. The number of hydrogen-bond donors (Lipinski definition) is 1. The van der Waals surface area contributed by atoms with E-state index in [0.29, 0.717) is 18.4 Å².